The van der Waals surface area contributed by atoms with Crippen LogP contribution in [-0.4, -0.2) is 18.9 Å². The first-order valence-electron chi connectivity index (χ1n) is 5.21. The molecule has 0 spiro atoms. The topological polar surface area (TPSA) is 43.4 Å². The van der Waals surface area contributed by atoms with Gasteiger partial charge in [0.15, 0.2) is 0 Å². The molecule has 1 unspecified atom stereocenters. The van der Waals surface area contributed by atoms with Gasteiger partial charge in [0.25, 0.3) is 0 Å². The van der Waals surface area contributed by atoms with E-state index in [0.29, 0.717) is 12.2 Å². The maximum Gasteiger partial charge on any atom is 0.316 e. The predicted molar refractivity (Wildman–Crippen MR) is 57.3 cm³/mol. The summed E-state index contributed by atoms with van der Waals surface area (Å²) < 4.78 is 5.05. The molecule has 0 heterocycles. The van der Waals surface area contributed by atoms with Gasteiger partial charge in [-0.1, -0.05) is 19.9 Å². The lowest BCUT2D eigenvalue weighted by Crippen LogP contribution is -2.22. The molecule has 1 fully saturated rings. The van der Waals surface area contributed by atoms with Crippen LogP contribution in [0.5, 0.6) is 0 Å². The highest BCUT2D eigenvalue weighted by atomic mass is 16.5. The molecule has 1 saturated carbocycles. The number of aldehydes is 1. The smallest absolute Gasteiger partial charge is 0.316 e. The summed E-state index contributed by atoms with van der Waals surface area (Å²) in [7, 11) is 0. The second-order valence-corrected chi connectivity index (χ2v) is 4.76. The van der Waals surface area contributed by atoms with Crippen molar-refractivity contribution < 1.29 is 14.3 Å². The van der Waals surface area contributed by atoms with Crippen molar-refractivity contribution in [3.8, 4) is 0 Å². The van der Waals surface area contributed by atoms with Crippen LogP contribution in [-0.2, 0) is 14.3 Å². The van der Waals surface area contributed by atoms with Gasteiger partial charge in [0.05, 0.1) is 12.0 Å². The highest BCUT2D eigenvalue weighted by Crippen LogP contribution is 2.65. The van der Waals surface area contributed by atoms with Crippen LogP contribution in [0.15, 0.2) is 11.6 Å². The monoisotopic (exact) mass is 210 g/mol. The molecule has 0 aromatic rings. The average Bonchev–Trinajstić information content (AvgIpc) is 2.70. The van der Waals surface area contributed by atoms with Gasteiger partial charge in [-0.2, -0.15) is 0 Å². The normalized spacial score (nSPS) is 28.4. The van der Waals surface area contributed by atoms with Gasteiger partial charge >= 0.3 is 5.97 Å². The zero-order valence-electron chi connectivity index (χ0n) is 9.79. The van der Waals surface area contributed by atoms with Gasteiger partial charge < -0.3 is 4.74 Å². The number of carbonyl (C=O) groups is 2. The fourth-order valence-electron chi connectivity index (χ4n) is 1.99. The van der Waals surface area contributed by atoms with E-state index in [0.717, 1.165) is 12.7 Å². The Kier molecular flexibility index (Phi) is 3.03. The number of hydrogen-bond acceptors (Lipinski definition) is 3. The molecule has 0 saturated heterocycles. The Morgan fingerprint density at radius 1 is 1.47 bits per heavy atom. The van der Waals surface area contributed by atoms with E-state index < -0.39 is 5.41 Å². The van der Waals surface area contributed by atoms with E-state index in [4.69, 9.17) is 4.74 Å². The van der Waals surface area contributed by atoms with E-state index in [1.165, 1.54) is 0 Å². The van der Waals surface area contributed by atoms with E-state index in [1.807, 2.05) is 13.8 Å². The summed E-state index contributed by atoms with van der Waals surface area (Å²) in [6, 6.07) is 0. The van der Waals surface area contributed by atoms with E-state index >= 15 is 0 Å². The Labute approximate surface area is 90.5 Å². The molecular formula is C12H18O3. The van der Waals surface area contributed by atoms with Gasteiger partial charge in [-0.3, -0.25) is 9.59 Å². The van der Waals surface area contributed by atoms with Crippen molar-refractivity contribution in [3.05, 3.63) is 11.6 Å². The summed E-state index contributed by atoms with van der Waals surface area (Å²) in [5.74, 6) is -0.212. The molecule has 0 amide bonds. The molecule has 0 bridgehead atoms. The van der Waals surface area contributed by atoms with Crippen molar-refractivity contribution in [1.82, 2.24) is 0 Å². The lowest BCUT2D eigenvalue weighted by Gasteiger charge is -2.15. The summed E-state index contributed by atoms with van der Waals surface area (Å²) in [6.45, 7) is 7.90. The summed E-state index contributed by atoms with van der Waals surface area (Å²) >= 11 is 0. The van der Waals surface area contributed by atoms with Crippen LogP contribution in [0.25, 0.3) is 0 Å². The predicted octanol–water partition coefficient (Wildman–Crippen LogP) is 2.11. The molecule has 1 rings (SSSR count). The molecule has 0 aromatic carbocycles. The van der Waals surface area contributed by atoms with Crippen LogP contribution in [0.3, 0.4) is 0 Å². The fourth-order valence-corrected chi connectivity index (χ4v) is 1.99. The second-order valence-electron chi connectivity index (χ2n) is 4.76. The molecule has 3 heteroatoms. The minimum Gasteiger partial charge on any atom is -0.465 e. The Hall–Kier alpha value is -1.12. The quantitative estimate of drug-likeness (QED) is 0.405. The number of hydrogen-bond donors (Lipinski definition) is 0. The molecule has 1 aliphatic rings. The zero-order valence-corrected chi connectivity index (χ0v) is 9.79. The van der Waals surface area contributed by atoms with Crippen LogP contribution >= 0.6 is 0 Å². The first kappa shape index (κ1) is 12.0. The molecule has 0 N–H and O–H groups in total. The third kappa shape index (κ3) is 1.96. The number of carbonyl (C=O) groups excluding carboxylic acids is 2. The minimum absolute atomic E-state index is 0.0937. The number of allylic oxidation sites excluding steroid dienone is 1. The first-order valence-corrected chi connectivity index (χ1v) is 5.21. The van der Waals surface area contributed by atoms with Crippen molar-refractivity contribution >= 4 is 12.3 Å². The molecule has 0 aromatic heterocycles. The molecule has 0 radical (unpaired) electrons. The van der Waals surface area contributed by atoms with Gasteiger partial charge in [-0.15, -0.1) is 0 Å². The Balaban J connectivity index is 2.94. The maximum absolute atomic E-state index is 11.8. The highest BCUT2D eigenvalue weighted by Gasteiger charge is 2.65. The van der Waals surface area contributed by atoms with Gasteiger partial charge in [-0.05, 0) is 31.3 Å². The number of esters is 1. The first-order chi connectivity index (χ1) is 6.89. The molecular weight excluding hydrogens is 192 g/mol. The van der Waals surface area contributed by atoms with Crippen molar-refractivity contribution in [2.75, 3.05) is 6.61 Å². The van der Waals surface area contributed by atoms with Gasteiger partial charge in [-0.25, -0.2) is 0 Å². The van der Waals surface area contributed by atoms with Crippen LogP contribution in [0.4, 0.5) is 0 Å². The molecule has 1 atom stereocenters. The van der Waals surface area contributed by atoms with Crippen LogP contribution in [0.2, 0.25) is 0 Å². The third-order valence-corrected chi connectivity index (χ3v) is 3.10. The molecule has 84 valence electrons. The van der Waals surface area contributed by atoms with Gasteiger partial charge in [0.1, 0.15) is 6.29 Å². The Morgan fingerprint density at radius 2 is 2.00 bits per heavy atom. The van der Waals surface area contributed by atoms with Crippen LogP contribution in [0, 0.1) is 10.8 Å². The SMILES string of the molecule is CCOC(=O)C1(/C=C(\C)C=O)CC1(C)C. The van der Waals surface area contributed by atoms with Crippen LogP contribution < -0.4 is 0 Å². The zero-order chi connectivity index (χ0) is 11.7. The van der Waals surface area contributed by atoms with Crippen molar-refractivity contribution in [2.24, 2.45) is 10.8 Å². The summed E-state index contributed by atoms with van der Waals surface area (Å²) in [5.41, 5.74) is -0.0778. The largest absolute Gasteiger partial charge is 0.465 e. The van der Waals surface area contributed by atoms with Crippen molar-refractivity contribution in [1.29, 1.82) is 0 Å². The fraction of sp³-hybridized carbons (Fsp3) is 0.667. The van der Waals surface area contributed by atoms with Crippen LogP contribution in [0.1, 0.15) is 34.1 Å². The number of ether oxygens (including phenoxy) is 1. The second kappa shape index (κ2) is 3.80. The van der Waals surface area contributed by atoms with Crippen molar-refractivity contribution in [2.45, 2.75) is 34.1 Å². The Bertz CT molecular complexity index is 315. The van der Waals surface area contributed by atoms with E-state index in [-0.39, 0.29) is 11.4 Å². The molecule has 15 heavy (non-hydrogen) atoms. The van der Waals surface area contributed by atoms with Crippen molar-refractivity contribution in [3.63, 3.8) is 0 Å². The van der Waals surface area contributed by atoms with Gasteiger partial charge in [0, 0.05) is 0 Å². The molecule has 0 aliphatic heterocycles. The summed E-state index contributed by atoms with van der Waals surface area (Å²) in [6.07, 6.45) is 3.28. The highest BCUT2D eigenvalue weighted by molar-refractivity contribution is 5.86. The summed E-state index contributed by atoms with van der Waals surface area (Å²) in [5, 5.41) is 0. The lowest BCUT2D eigenvalue weighted by atomic mass is 9.94. The van der Waals surface area contributed by atoms with Gasteiger partial charge in [0.2, 0.25) is 0 Å². The summed E-state index contributed by atoms with van der Waals surface area (Å²) in [4.78, 5) is 22.4. The molecule has 3 nitrogen and oxygen atoms in total. The van der Waals surface area contributed by atoms with E-state index in [9.17, 15) is 9.59 Å². The minimum atomic E-state index is -0.575. The Morgan fingerprint density at radius 3 is 2.33 bits per heavy atom. The number of rotatable bonds is 4. The third-order valence-electron chi connectivity index (χ3n) is 3.10. The maximum atomic E-state index is 11.8. The van der Waals surface area contributed by atoms with E-state index in [2.05, 4.69) is 0 Å². The van der Waals surface area contributed by atoms with E-state index in [1.54, 1.807) is 19.9 Å². The molecule has 1 aliphatic carbocycles. The average molecular weight is 210 g/mol. The standard InChI is InChI=1S/C12H18O3/c1-5-15-10(14)12(6-9(2)7-13)8-11(12,3)4/h6-7H,5,8H2,1-4H3/b9-6+. The lowest BCUT2D eigenvalue weighted by molar-refractivity contribution is -0.148.